The summed E-state index contributed by atoms with van der Waals surface area (Å²) in [6.07, 6.45) is 8.51. The van der Waals surface area contributed by atoms with Gasteiger partial charge in [0.2, 0.25) is 5.91 Å². The molecule has 2 unspecified atom stereocenters. The van der Waals surface area contributed by atoms with Crippen molar-refractivity contribution in [2.45, 2.75) is 89.3 Å². The smallest absolute Gasteiger partial charge is 0.241 e. The van der Waals surface area contributed by atoms with Crippen LogP contribution in [0.25, 0.3) is 0 Å². The summed E-state index contributed by atoms with van der Waals surface area (Å²) < 4.78 is 0. The van der Waals surface area contributed by atoms with E-state index in [0.29, 0.717) is 11.8 Å². The van der Waals surface area contributed by atoms with Crippen molar-refractivity contribution < 1.29 is 9.90 Å². The Morgan fingerprint density at radius 2 is 1.75 bits per heavy atom. The number of rotatable bonds is 3. The lowest BCUT2D eigenvalue weighted by Gasteiger charge is -2.63. The van der Waals surface area contributed by atoms with E-state index >= 15 is 0 Å². The molecule has 1 saturated heterocycles. The first kappa shape index (κ1) is 18.6. The van der Waals surface area contributed by atoms with Gasteiger partial charge in [-0.3, -0.25) is 9.69 Å². The molecule has 0 radical (unpaired) electrons. The van der Waals surface area contributed by atoms with Crippen molar-refractivity contribution in [1.82, 2.24) is 4.90 Å². The highest BCUT2D eigenvalue weighted by Gasteiger charge is 2.60. The van der Waals surface area contributed by atoms with E-state index in [9.17, 15) is 9.90 Å². The quantitative estimate of drug-likeness (QED) is 0.828. The molecule has 4 bridgehead atoms. The van der Waals surface area contributed by atoms with E-state index in [1.807, 2.05) is 0 Å². The molecule has 4 nitrogen and oxygen atoms in total. The molecule has 4 heteroatoms. The molecule has 0 aromatic heterocycles. The summed E-state index contributed by atoms with van der Waals surface area (Å²) >= 11 is 0. The Labute approximate surface area is 168 Å². The molecule has 0 spiro atoms. The van der Waals surface area contributed by atoms with Crippen LogP contribution in [0.15, 0.2) is 12.1 Å². The average molecular weight is 383 g/mol. The minimum absolute atomic E-state index is 0.0503. The molecular formula is C24H34N2O2. The maximum absolute atomic E-state index is 13.4. The number of aliphatic hydroxyl groups is 1. The van der Waals surface area contributed by atoms with Gasteiger partial charge in [-0.2, -0.15) is 0 Å². The molecule has 2 N–H and O–H groups in total. The minimum Gasteiger partial charge on any atom is -0.390 e. The van der Waals surface area contributed by atoms with Crippen LogP contribution in [0.2, 0.25) is 0 Å². The number of anilines is 1. The number of nitrogens with one attached hydrogen (secondary N) is 1. The van der Waals surface area contributed by atoms with Crippen molar-refractivity contribution in [3.05, 3.63) is 28.8 Å². The lowest BCUT2D eigenvalue weighted by atomic mass is 9.50. The predicted octanol–water partition coefficient (Wildman–Crippen LogP) is 4.10. The monoisotopic (exact) mass is 382 g/mol. The second-order valence-electron chi connectivity index (χ2n) is 10.5. The van der Waals surface area contributed by atoms with Crippen LogP contribution in [0.3, 0.4) is 0 Å². The predicted molar refractivity (Wildman–Crippen MR) is 111 cm³/mol. The Bertz CT molecular complexity index is 780. The van der Waals surface area contributed by atoms with E-state index in [1.54, 1.807) is 0 Å². The van der Waals surface area contributed by atoms with E-state index in [2.05, 4.69) is 43.1 Å². The highest BCUT2D eigenvalue weighted by atomic mass is 16.3. The number of nitrogens with zero attached hydrogens (tertiary/aromatic N) is 1. The summed E-state index contributed by atoms with van der Waals surface area (Å²) in [4.78, 5) is 15.9. The van der Waals surface area contributed by atoms with Crippen molar-refractivity contribution in [2.24, 2.45) is 11.8 Å². The lowest BCUT2D eigenvalue weighted by molar-refractivity contribution is -0.179. The molecule has 1 heterocycles. The molecule has 5 aliphatic rings. The summed E-state index contributed by atoms with van der Waals surface area (Å²) in [5.74, 6) is 1.45. The maximum Gasteiger partial charge on any atom is 0.241 e. The standard InChI is InChI=1S/C24H34N2O2/c1-15-7-16(2)21(17(3)8-15)25-22(27)20-5-4-6-26(20)23-10-18-9-19(11-23)13-24(28,12-18)14-23/h7-8,18-20,28H,4-6,9-14H2,1-3H3,(H,25,27)/t18-,19+,20-,23?,24?/m0/s1. The van der Waals surface area contributed by atoms with Gasteiger partial charge in [0.15, 0.2) is 0 Å². The molecule has 1 aliphatic heterocycles. The molecule has 1 aromatic rings. The van der Waals surface area contributed by atoms with Crippen molar-refractivity contribution in [3.63, 3.8) is 0 Å². The van der Waals surface area contributed by atoms with Crippen LogP contribution in [-0.4, -0.2) is 39.6 Å². The Morgan fingerprint density at radius 1 is 1.11 bits per heavy atom. The van der Waals surface area contributed by atoms with Gasteiger partial charge in [-0.25, -0.2) is 0 Å². The average Bonchev–Trinajstić information content (AvgIpc) is 3.06. The molecular weight excluding hydrogens is 348 g/mol. The molecule has 28 heavy (non-hydrogen) atoms. The van der Waals surface area contributed by atoms with Gasteiger partial charge in [0.1, 0.15) is 0 Å². The first-order valence-corrected chi connectivity index (χ1v) is 11.1. The molecule has 5 fully saturated rings. The van der Waals surface area contributed by atoms with Crippen molar-refractivity contribution in [2.75, 3.05) is 11.9 Å². The van der Waals surface area contributed by atoms with Gasteiger partial charge in [0.25, 0.3) is 0 Å². The van der Waals surface area contributed by atoms with Gasteiger partial charge in [-0.1, -0.05) is 17.7 Å². The fourth-order valence-corrected chi connectivity index (χ4v) is 7.69. The Balaban J connectivity index is 1.40. The first-order chi connectivity index (χ1) is 13.3. The molecule has 1 aromatic carbocycles. The van der Waals surface area contributed by atoms with Gasteiger partial charge in [0, 0.05) is 11.2 Å². The van der Waals surface area contributed by atoms with E-state index in [0.717, 1.165) is 55.5 Å². The number of amides is 1. The van der Waals surface area contributed by atoms with E-state index in [4.69, 9.17) is 0 Å². The van der Waals surface area contributed by atoms with E-state index in [1.165, 1.54) is 24.8 Å². The molecule has 152 valence electrons. The van der Waals surface area contributed by atoms with Crippen LogP contribution in [-0.2, 0) is 4.79 Å². The minimum atomic E-state index is -0.474. The van der Waals surface area contributed by atoms with Gasteiger partial charge in [-0.05, 0) is 102 Å². The number of likely N-dealkylation sites (tertiary alicyclic amines) is 1. The second kappa shape index (κ2) is 6.30. The van der Waals surface area contributed by atoms with Crippen molar-refractivity contribution >= 4 is 11.6 Å². The Hall–Kier alpha value is -1.39. The largest absolute Gasteiger partial charge is 0.390 e. The summed E-state index contributed by atoms with van der Waals surface area (Å²) in [5.41, 5.74) is 4.06. The topological polar surface area (TPSA) is 52.6 Å². The van der Waals surface area contributed by atoms with Crippen LogP contribution >= 0.6 is 0 Å². The third-order valence-corrected chi connectivity index (χ3v) is 8.09. The number of carbonyl (C=O) groups excluding carboxylic acids is 1. The summed E-state index contributed by atoms with van der Waals surface area (Å²) in [6, 6.07) is 4.23. The van der Waals surface area contributed by atoms with Crippen molar-refractivity contribution in [3.8, 4) is 0 Å². The summed E-state index contributed by atoms with van der Waals surface area (Å²) in [6.45, 7) is 7.26. The fourth-order valence-electron chi connectivity index (χ4n) is 7.69. The van der Waals surface area contributed by atoms with E-state index < -0.39 is 5.60 Å². The second-order valence-corrected chi connectivity index (χ2v) is 10.5. The third-order valence-electron chi connectivity index (χ3n) is 8.09. The van der Waals surface area contributed by atoms with Crippen LogP contribution < -0.4 is 5.32 Å². The van der Waals surface area contributed by atoms with Gasteiger partial charge < -0.3 is 10.4 Å². The van der Waals surface area contributed by atoms with Gasteiger partial charge in [-0.15, -0.1) is 0 Å². The molecule has 6 rings (SSSR count). The zero-order chi connectivity index (χ0) is 19.7. The van der Waals surface area contributed by atoms with Gasteiger partial charge >= 0.3 is 0 Å². The lowest BCUT2D eigenvalue weighted by Crippen LogP contribution is -2.67. The Kier molecular flexibility index (Phi) is 4.19. The van der Waals surface area contributed by atoms with Gasteiger partial charge in [0.05, 0.1) is 11.6 Å². The molecule has 1 amide bonds. The molecule has 4 aliphatic carbocycles. The summed E-state index contributed by atoms with van der Waals surface area (Å²) in [7, 11) is 0. The van der Waals surface area contributed by atoms with Crippen LogP contribution in [0.4, 0.5) is 5.69 Å². The Morgan fingerprint density at radius 3 is 2.36 bits per heavy atom. The fraction of sp³-hybridized carbons (Fsp3) is 0.708. The SMILES string of the molecule is Cc1cc(C)c(NC(=O)[C@@H]2CCCN2C23C[C@@H]4C[C@@H](CC(O)(C4)C2)C3)c(C)c1. The maximum atomic E-state index is 13.4. The first-order valence-electron chi connectivity index (χ1n) is 11.1. The van der Waals surface area contributed by atoms with Crippen LogP contribution in [0, 0.1) is 32.6 Å². The normalized spacial score (nSPS) is 39.5. The highest BCUT2D eigenvalue weighted by molar-refractivity contribution is 5.96. The van der Waals surface area contributed by atoms with Crippen LogP contribution in [0.5, 0.6) is 0 Å². The van der Waals surface area contributed by atoms with Crippen LogP contribution in [0.1, 0.15) is 68.1 Å². The third kappa shape index (κ3) is 2.91. The number of hydrogen-bond acceptors (Lipinski definition) is 3. The van der Waals surface area contributed by atoms with Crippen molar-refractivity contribution in [1.29, 1.82) is 0 Å². The number of hydrogen-bond donors (Lipinski definition) is 2. The molecule has 4 saturated carbocycles. The number of benzene rings is 1. The number of carbonyl (C=O) groups is 1. The highest BCUT2D eigenvalue weighted by Crippen LogP contribution is 2.60. The number of aryl methyl sites for hydroxylation is 3. The van der Waals surface area contributed by atoms with E-state index in [-0.39, 0.29) is 17.5 Å². The molecule has 5 atom stereocenters. The zero-order valence-corrected chi connectivity index (χ0v) is 17.6. The zero-order valence-electron chi connectivity index (χ0n) is 17.6. The summed E-state index contributed by atoms with van der Waals surface area (Å²) in [5, 5.41) is 14.4.